The number of esters is 2. The van der Waals surface area contributed by atoms with Gasteiger partial charge in [0, 0.05) is 12.5 Å². The zero-order valence-electron chi connectivity index (χ0n) is 15.7. The molecule has 0 bridgehead atoms. The zero-order chi connectivity index (χ0) is 19.9. The molecule has 26 heavy (non-hydrogen) atoms. The second-order valence-electron chi connectivity index (χ2n) is 6.10. The van der Waals surface area contributed by atoms with Crippen LogP contribution < -0.4 is 0 Å². The first-order valence-electron chi connectivity index (χ1n) is 8.15. The fourth-order valence-corrected chi connectivity index (χ4v) is 2.03. The Balaban J connectivity index is 2.89. The molecule has 1 rings (SSSR count). The molecule has 0 heterocycles. The number of hydrogen-bond acceptors (Lipinski definition) is 6. The number of hydrogen-bond donors (Lipinski definition) is 1. The van der Waals surface area contributed by atoms with Gasteiger partial charge in [0.1, 0.15) is 18.5 Å². The van der Waals surface area contributed by atoms with Gasteiger partial charge in [-0.1, -0.05) is 11.6 Å². The molecule has 0 aliphatic heterocycles. The summed E-state index contributed by atoms with van der Waals surface area (Å²) in [6.45, 7) is 8.06. The van der Waals surface area contributed by atoms with Crippen LogP contribution in [0.3, 0.4) is 0 Å². The van der Waals surface area contributed by atoms with Crippen molar-refractivity contribution < 1.29 is 29.0 Å². The van der Waals surface area contributed by atoms with Gasteiger partial charge in [-0.2, -0.15) is 0 Å². The van der Waals surface area contributed by atoms with Crippen LogP contribution in [-0.2, 0) is 19.1 Å². The molecule has 0 saturated carbocycles. The van der Waals surface area contributed by atoms with E-state index in [1.54, 1.807) is 33.8 Å². The lowest BCUT2D eigenvalue weighted by Crippen LogP contribution is -2.11. The number of aromatic hydroxyl groups is 1. The summed E-state index contributed by atoms with van der Waals surface area (Å²) in [6.07, 6.45) is 2.26. The van der Waals surface area contributed by atoms with Gasteiger partial charge in [-0.25, -0.2) is 4.79 Å². The third-order valence-corrected chi connectivity index (χ3v) is 3.46. The molecule has 1 atom stereocenters. The largest absolute Gasteiger partial charge is 0.507 e. The summed E-state index contributed by atoms with van der Waals surface area (Å²) in [5.41, 5.74) is 1.84. The van der Waals surface area contributed by atoms with Crippen LogP contribution in [-0.4, -0.2) is 29.4 Å². The van der Waals surface area contributed by atoms with E-state index >= 15 is 0 Å². The normalized spacial score (nSPS) is 12.1. The average Bonchev–Trinajstić information content (AvgIpc) is 2.53. The first-order chi connectivity index (χ1) is 12.1. The van der Waals surface area contributed by atoms with Crippen molar-refractivity contribution in [2.24, 2.45) is 0 Å². The van der Waals surface area contributed by atoms with Crippen LogP contribution in [0.1, 0.15) is 56.6 Å². The highest BCUT2D eigenvalue weighted by Gasteiger charge is 2.17. The van der Waals surface area contributed by atoms with Crippen LogP contribution in [0, 0.1) is 0 Å². The molecule has 1 aromatic rings. The van der Waals surface area contributed by atoms with Crippen molar-refractivity contribution in [3.63, 3.8) is 0 Å². The summed E-state index contributed by atoms with van der Waals surface area (Å²) in [7, 11) is 0. The van der Waals surface area contributed by atoms with Gasteiger partial charge >= 0.3 is 11.9 Å². The molecular weight excluding hydrogens is 336 g/mol. The van der Waals surface area contributed by atoms with Gasteiger partial charge in [-0.3, -0.25) is 9.59 Å². The Labute approximate surface area is 153 Å². The molecule has 0 aliphatic carbocycles. The van der Waals surface area contributed by atoms with Crippen LogP contribution in [0.4, 0.5) is 0 Å². The van der Waals surface area contributed by atoms with Crippen molar-refractivity contribution in [2.45, 2.75) is 40.7 Å². The van der Waals surface area contributed by atoms with E-state index < -0.39 is 18.0 Å². The van der Waals surface area contributed by atoms with Gasteiger partial charge in [-0.05, 0) is 57.5 Å². The number of allylic oxidation sites excluding steroid dienone is 2. The van der Waals surface area contributed by atoms with Crippen molar-refractivity contribution in [1.82, 2.24) is 0 Å². The maximum Gasteiger partial charge on any atom is 0.334 e. The van der Waals surface area contributed by atoms with Gasteiger partial charge in [0.2, 0.25) is 0 Å². The van der Waals surface area contributed by atoms with E-state index in [0.29, 0.717) is 11.1 Å². The molecular formula is C20H24O6. The van der Waals surface area contributed by atoms with E-state index in [4.69, 9.17) is 9.47 Å². The second-order valence-corrected chi connectivity index (χ2v) is 6.10. The summed E-state index contributed by atoms with van der Waals surface area (Å²) >= 11 is 0. The number of ketones is 1. The van der Waals surface area contributed by atoms with Crippen molar-refractivity contribution in [1.29, 1.82) is 0 Å². The smallest absolute Gasteiger partial charge is 0.334 e. The predicted octanol–water partition coefficient (Wildman–Crippen LogP) is 3.65. The van der Waals surface area contributed by atoms with E-state index in [2.05, 4.69) is 0 Å². The Morgan fingerprint density at radius 2 is 1.81 bits per heavy atom. The van der Waals surface area contributed by atoms with E-state index in [1.807, 2.05) is 0 Å². The van der Waals surface area contributed by atoms with Gasteiger partial charge in [0.25, 0.3) is 0 Å². The van der Waals surface area contributed by atoms with E-state index in [-0.39, 0.29) is 23.7 Å². The highest BCUT2D eigenvalue weighted by atomic mass is 16.5. The molecule has 0 radical (unpaired) electrons. The van der Waals surface area contributed by atoms with Crippen LogP contribution in [0.5, 0.6) is 5.75 Å². The Kier molecular flexibility index (Phi) is 7.77. The molecule has 0 unspecified atom stereocenters. The van der Waals surface area contributed by atoms with Gasteiger partial charge in [-0.15, -0.1) is 0 Å². The first-order valence-corrected chi connectivity index (χ1v) is 8.15. The van der Waals surface area contributed by atoms with Crippen LogP contribution in [0.2, 0.25) is 0 Å². The van der Waals surface area contributed by atoms with E-state index in [1.165, 1.54) is 31.2 Å². The molecule has 0 fully saturated rings. The molecule has 0 saturated heterocycles. The van der Waals surface area contributed by atoms with Crippen molar-refractivity contribution in [3.05, 3.63) is 52.6 Å². The number of benzene rings is 1. The highest BCUT2D eigenvalue weighted by molar-refractivity contribution is 6.06. The Bertz CT molecular complexity index is 754. The minimum Gasteiger partial charge on any atom is -0.507 e. The summed E-state index contributed by atoms with van der Waals surface area (Å²) in [5.74, 6) is -1.45. The summed E-state index contributed by atoms with van der Waals surface area (Å²) in [5, 5.41) is 9.90. The number of carbonyl (C=O) groups is 3. The molecule has 1 aromatic carbocycles. The van der Waals surface area contributed by atoms with Crippen molar-refractivity contribution in [2.75, 3.05) is 6.61 Å². The minimum absolute atomic E-state index is 0.00872. The average molecular weight is 360 g/mol. The standard InChI is InChI=1S/C20H24O6/c1-12(2)10-19(23)17-11-16(6-7-18(17)22)14(4)26-20(24)13(3)8-9-25-15(5)21/h6-8,10-11,14,22H,9H2,1-5H3/b13-8-/t14-/m0/s1. The summed E-state index contributed by atoms with van der Waals surface area (Å²) < 4.78 is 10.1. The lowest BCUT2D eigenvalue weighted by atomic mass is 10.0. The summed E-state index contributed by atoms with van der Waals surface area (Å²) in [4.78, 5) is 35.0. The fraction of sp³-hybridized carbons (Fsp3) is 0.350. The van der Waals surface area contributed by atoms with Crippen LogP contribution in [0.25, 0.3) is 0 Å². The number of carbonyl (C=O) groups excluding carboxylic acids is 3. The lowest BCUT2D eigenvalue weighted by molar-refractivity contribution is -0.144. The van der Waals surface area contributed by atoms with Crippen LogP contribution in [0.15, 0.2) is 41.5 Å². The molecule has 6 nitrogen and oxygen atoms in total. The first kappa shape index (κ1) is 21.2. The topological polar surface area (TPSA) is 89.9 Å². The molecule has 140 valence electrons. The second kappa shape index (κ2) is 9.56. The fourth-order valence-electron chi connectivity index (χ4n) is 2.03. The van der Waals surface area contributed by atoms with E-state index in [9.17, 15) is 19.5 Å². The van der Waals surface area contributed by atoms with Gasteiger partial charge in [0.15, 0.2) is 5.78 Å². The predicted molar refractivity (Wildman–Crippen MR) is 96.8 cm³/mol. The Morgan fingerprint density at radius 3 is 2.38 bits per heavy atom. The molecule has 6 heteroatoms. The third-order valence-electron chi connectivity index (χ3n) is 3.46. The lowest BCUT2D eigenvalue weighted by Gasteiger charge is -2.15. The SMILES string of the molecule is CC(=O)OC/C=C(/C)C(=O)O[C@@H](C)c1ccc(O)c(C(=O)C=C(C)C)c1. The zero-order valence-corrected chi connectivity index (χ0v) is 15.7. The third kappa shape index (κ3) is 6.55. The Morgan fingerprint density at radius 1 is 1.15 bits per heavy atom. The van der Waals surface area contributed by atoms with Gasteiger partial charge in [0.05, 0.1) is 5.56 Å². The molecule has 0 spiro atoms. The maximum absolute atomic E-state index is 12.2. The molecule has 0 aromatic heterocycles. The number of ether oxygens (including phenoxy) is 2. The maximum atomic E-state index is 12.2. The molecule has 1 N–H and O–H groups in total. The highest BCUT2D eigenvalue weighted by Crippen LogP contribution is 2.26. The monoisotopic (exact) mass is 360 g/mol. The number of phenols is 1. The van der Waals surface area contributed by atoms with Crippen LogP contribution >= 0.6 is 0 Å². The summed E-state index contributed by atoms with van der Waals surface area (Å²) in [6, 6.07) is 4.49. The minimum atomic E-state index is -0.626. The van der Waals surface area contributed by atoms with Crippen molar-refractivity contribution in [3.8, 4) is 5.75 Å². The quantitative estimate of drug-likeness (QED) is 0.453. The van der Waals surface area contributed by atoms with Gasteiger partial charge < -0.3 is 14.6 Å². The molecule has 0 aliphatic rings. The van der Waals surface area contributed by atoms with E-state index in [0.717, 1.165) is 5.57 Å². The molecule has 0 amide bonds. The number of rotatable bonds is 7. The number of phenolic OH excluding ortho intramolecular Hbond substituents is 1. The van der Waals surface area contributed by atoms with Crippen molar-refractivity contribution >= 4 is 17.7 Å². The Hall–Kier alpha value is -2.89.